The minimum absolute atomic E-state index is 0.0907. The molecule has 4 rings (SSSR count). The van der Waals surface area contributed by atoms with E-state index in [2.05, 4.69) is 4.98 Å². The summed E-state index contributed by atoms with van der Waals surface area (Å²) < 4.78 is 17.9. The number of likely N-dealkylation sites (tertiary alicyclic amines) is 1. The van der Waals surface area contributed by atoms with Crippen LogP contribution in [0.1, 0.15) is 10.6 Å². The predicted molar refractivity (Wildman–Crippen MR) is 97.5 cm³/mol. The maximum absolute atomic E-state index is 12.5. The number of aromatic nitrogens is 1. The molecule has 0 spiro atoms. The molecule has 1 amide bonds. The van der Waals surface area contributed by atoms with Gasteiger partial charge in [0, 0.05) is 23.7 Å². The Hall–Kier alpha value is -1.96. The third-order valence-corrected chi connectivity index (χ3v) is 5.53. The second kappa shape index (κ2) is 7.73. The van der Waals surface area contributed by atoms with Gasteiger partial charge in [-0.05, 0) is 30.5 Å². The zero-order valence-corrected chi connectivity index (χ0v) is 15.5. The van der Waals surface area contributed by atoms with Gasteiger partial charge in [-0.2, -0.15) is 0 Å². The molecule has 0 unspecified atom stereocenters. The molecular weight excluding hydrogens is 352 g/mol. The highest BCUT2D eigenvalue weighted by molar-refractivity contribution is 7.10. The second-order valence-corrected chi connectivity index (χ2v) is 7.71. The normalized spacial score (nSPS) is 23.5. The third kappa shape index (κ3) is 4.06. The van der Waals surface area contributed by atoms with E-state index in [1.807, 2.05) is 41.5 Å². The van der Waals surface area contributed by atoms with Gasteiger partial charge in [0.25, 0.3) is 0 Å². The number of amides is 1. The Balaban J connectivity index is 1.30. The van der Waals surface area contributed by atoms with Crippen LogP contribution in [-0.2, 0) is 20.7 Å². The maximum atomic E-state index is 12.5. The summed E-state index contributed by atoms with van der Waals surface area (Å²) in [5.74, 6) is 0.846. The van der Waals surface area contributed by atoms with Crippen molar-refractivity contribution in [2.45, 2.75) is 31.7 Å². The van der Waals surface area contributed by atoms with Gasteiger partial charge in [0.15, 0.2) is 0 Å². The number of thiophene rings is 1. The maximum Gasteiger partial charge on any atom is 0.228 e. The molecule has 2 atom stereocenters. The summed E-state index contributed by atoms with van der Waals surface area (Å²) in [6.07, 6.45) is 1.81. The van der Waals surface area contributed by atoms with E-state index in [9.17, 15) is 4.79 Å². The van der Waals surface area contributed by atoms with E-state index in [0.29, 0.717) is 38.5 Å². The summed E-state index contributed by atoms with van der Waals surface area (Å²) in [7, 11) is 0. The second-order valence-electron chi connectivity index (χ2n) is 6.67. The van der Waals surface area contributed by atoms with E-state index in [4.69, 9.17) is 14.2 Å². The Morgan fingerprint density at radius 2 is 2.04 bits per heavy atom. The summed E-state index contributed by atoms with van der Waals surface area (Å²) in [6.45, 7) is 3.99. The van der Waals surface area contributed by atoms with Gasteiger partial charge in [0.1, 0.15) is 24.1 Å². The van der Waals surface area contributed by atoms with Crippen molar-refractivity contribution in [1.29, 1.82) is 0 Å². The lowest BCUT2D eigenvalue weighted by Crippen LogP contribution is -2.33. The molecule has 0 aliphatic carbocycles. The Bertz CT molecular complexity index is 719. The number of hydrogen-bond donors (Lipinski definition) is 0. The van der Waals surface area contributed by atoms with E-state index in [0.717, 1.165) is 10.6 Å². The Morgan fingerprint density at radius 1 is 1.27 bits per heavy atom. The molecular formula is C19H22N2O4S. The molecule has 0 bridgehead atoms. The van der Waals surface area contributed by atoms with Crippen LogP contribution in [0, 0.1) is 6.92 Å². The van der Waals surface area contributed by atoms with Crippen LogP contribution in [0.2, 0.25) is 0 Å². The molecule has 2 aliphatic heterocycles. The van der Waals surface area contributed by atoms with Gasteiger partial charge in [-0.1, -0.05) is 6.07 Å². The van der Waals surface area contributed by atoms with Crippen LogP contribution < -0.4 is 4.74 Å². The monoisotopic (exact) mass is 374 g/mol. The van der Waals surface area contributed by atoms with Crippen LogP contribution in [0.5, 0.6) is 5.75 Å². The fraction of sp³-hybridized carbons (Fsp3) is 0.474. The average Bonchev–Trinajstić information content (AvgIpc) is 3.25. The summed E-state index contributed by atoms with van der Waals surface area (Å²) in [6, 6.07) is 7.78. The number of rotatable bonds is 4. The molecule has 2 saturated heterocycles. The van der Waals surface area contributed by atoms with Crippen molar-refractivity contribution in [3.05, 3.63) is 46.4 Å². The van der Waals surface area contributed by atoms with Crippen LogP contribution in [0.15, 0.2) is 35.8 Å². The number of nitrogens with zero attached hydrogens (tertiary/aromatic N) is 2. The molecule has 2 aliphatic rings. The lowest BCUT2D eigenvalue weighted by molar-refractivity contribution is -0.130. The first-order valence-electron chi connectivity index (χ1n) is 8.80. The largest absolute Gasteiger partial charge is 0.484 e. The van der Waals surface area contributed by atoms with Crippen LogP contribution in [0.4, 0.5) is 0 Å². The van der Waals surface area contributed by atoms with Crippen molar-refractivity contribution < 1.29 is 19.0 Å². The molecule has 0 N–H and O–H groups in total. The molecule has 4 heterocycles. The third-order valence-electron chi connectivity index (χ3n) is 4.65. The zero-order valence-electron chi connectivity index (χ0n) is 14.7. The molecule has 26 heavy (non-hydrogen) atoms. The van der Waals surface area contributed by atoms with E-state index in [1.165, 1.54) is 0 Å². The lowest BCUT2D eigenvalue weighted by atomic mass is 10.3. The van der Waals surface area contributed by atoms with Crippen molar-refractivity contribution in [1.82, 2.24) is 9.88 Å². The van der Waals surface area contributed by atoms with Gasteiger partial charge in [0.05, 0.1) is 25.8 Å². The fourth-order valence-corrected chi connectivity index (χ4v) is 3.93. The van der Waals surface area contributed by atoms with Crippen LogP contribution in [0.3, 0.4) is 0 Å². The lowest BCUT2D eigenvalue weighted by Gasteiger charge is -2.19. The van der Waals surface area contributed by atoms with Crippen LogP contribution in [0.25, 0.3) is 0 Å². The summed E-state index contributed by atoms with van der Waals surface area (Å²) in [5.41, 5.74) is 0.951. The minimum Gasteiger partial charge on any atom is -0.484 e. The van der Waals surface area contributed by atoms with Gasteiger partial charge in [0.2, 0.25) is 5.91 Å². The van der Waals surface area contributed by atoms with E-state index in [-0.39, 0.29) is 24.2 Å². The first kappa shape index (κ1) is 17.5. The topological polar surface area (TPSA) is 60.9 Å². The molecule has 2 aromatic rings. The first-order valence-corrected chi connectivity index (χ1v) is 9.68. The van der Waals surface area contributed by atoms with Crippen molar-refractivity contribution in [3.8, 4) is 5.75 Å². The predicted octanol–water partition coefficient (Wildman–Crippen LogP) is 2.07. The molecule has 2 fully saturated rings. The van der Waals surface area contributed by atoms with Crippen molar-refractivity contribution in [2.75, 3.05) is 26.3 Å². The number of carbonyl (C=O) groups is 1. The summed E-state index contributed by atoms with van der Waals surface area (Å²) in [4.78, 5) is 19.6. The number of ether oxygens (including phenoxy) is 3. The SMILES string of the molecule is Cc1ccc(OC2CO[C@H]3CN(C(=O)Cc4cccs4)C[C@@H]3OC2)cn1. The molecule has 2 aromatic heterocycles. The Kier molecular flexibility index (Phi) is 5.19. The molecule has 0 radical (unpaired) electrons. The highest BCUT2D eigenvalue weighted by atomic mass is 32.1. The van der Waals surface area contributed by atoms with Gasteiger partial charge in [-0.3, -0.25) is 9.78 Å². The van der Waals surface area contributed by atoms with Crippen LogP contribution in [-0.4, -0.2) is 60.4 Å². The first-order chi connectivity index (χ1) is 12.7. The number of aryl methyl sites for hydroxylation is 1. The van der Waals surface area contributed by atoms with Crippen molar-refractivity contribution in [2.24, 2.45) is 0 Å². The van der Waals surface area contributed by atoms with Gasteiger partial charge in [-0.15, -0.1) is 11.3 Å². The summed E-state index contributed by atoms with van der Waals surface area (Å²) in [5, 5.41) is 1.99. The Morgan fingerprint density at radius 3 is 2.65 bits per heavy atom. The quantitative estimate of drug-likeness (QED) is 0.820. The molecule has 7 heteroatoms. The summed E-state index contributed by atoms with van der Waals surface area (Å²) >= 11 is 1.61. The Labute approximate surface area is 156 Å². The number of hydrogen-bond acceptors (Lipinski definition) is 6. The van der Waals surface area contributed by atoms with Gasteiger partial charge in [-0.25, -0.2) is 0 Å². The molecule has 6 nitrogen and oxygen atoms in total. The smallest absolute Gasteiger partial charge is 0.228 e. The number of fused-ring (bicyclic) bond motifs is 1. The number of pyridine rings is 1. The van der Waals surface area contributed by atoms with E-state index in [1.54, 1.807) is 17.5 Å². The standard InChI is InChI=1S/C19H22N2O4S/c1-13-4-5-14(8-20-13)25-15-11-23-17-9-21(10-18(17)24-12-15)19(22)7-16-3-2-6-26-16/h2-6,8,15,17-18H,7,9-12H2,1H3/t17-,18-/m0/s1. The number of carbonyl (C=O) groups excluding carboxylic acids is 1. The van der Waals surface area contributed by atoms with Crippen LogP contribution >= 0.6 is 11.3 Å². The fourth-order valence-electron chi connectivity index (χ4n) is 3.24. The van der Waals surface area contributed by atoms with Crippen molar-refractivity contribution in [3.63, 3.8) is 0 Å². The van der Waals surface area contributed by atoms with Crippen molar-refractivity contribution >= 4 is 17.2 Å². The van der Waals surface area contributed by atoms with E-state index >= 15 is 0 Å². The minimum atomic E-state index is -0.166. The molecule has 138 valence electrons. The average molecular weight is 374 g/mol. The molecule has 0 aromatic carbocycles. The van der Waals surface area contributed by atoms with Gasteiger partial charge >= 0.3 is 0 Å². The van der Waals surface area contributed by atoms with Gasteiger partial charge < -0.3 is 19.1 Å². The van der Waals surface area contributed by atoms with E-state index < -0.39 is 0 Å². The highest BCUT2D eigenvalue weighted by Gasteiger charge is 2.39. The highest BCUT2D eigenvalue weighted by Crippen LogP contribution is 2.23. The zero-order chi connectivity index (χ0) is 17.9. The molecule has 0 saturated carbocycles.